The number of rotatable bonds is 8. The summed E-state index contributed by atoms with van der Waals surface area (Å²) in [7, 11) is 0. The molecule has 0 amide bonds. The molecule has 0 fully saturated rings. The topological polar surface area (TPSA) is 0 Å². The van der Waals surface area contributed by atoms with Crippen LogP contribution in [0.15, 0.2) is 0 Å². The number of hydrogen-bond donors (Lipinski definition) is 0. The molecule has 0 aromatic heterocycles. The monoisotopic (exact) mass is 288 g/mol. The molecule has 0 saturated carbocycles. The summed E-state index contributed by atoms with van der Waals surface area (Å²) < 4.78 is 0. The first-order chi connectivity index (χ1) is 5.41. The first-order valence-electron chi connectivity index (χ1n) is 5.12. The number of unbranched alkanes of at least 4 members (excludes halogenated alkanes) is 4. The second-order valence-corrected chi connectivity index (χ2v) is 6.31. The van der Waals surface area contributed by atoms with Gasteiger partial charge in [-0.15, -0.1) is 24.8 Å². The van der Waals surface area contributed by atoms with Crippen LogP contribution < -0.4 is 0 Å². The van der Waals surface area contributed by atoms with Crippen LogP contribution in [0.2, 0.25) is 10.5 Å². The van der Waals surface area contributed by atoms with Gasteiger partial charge < -0.3 is 0 Å². The maximum absolute atomic E-state index is 2.29. The van der Waals surface area contributed by atoms with Crippen LogP contribution in [0.1, 0.15) is 52.4 Å². The van der Waals surface area contributed by atoms with Gasteiger partial charge in [0.15, 0.2) is 0 Å². The molecule has 0 aliphatic rings. The van der Waals surface area contributed by atoms with Gasteiger partial charge in [0.05, 0.1) is 0 Å². The Bertz CT molecular complexity index is 61.9. The van der Waals surface area contributed by atoms with Gasteiger partial charge in [0.1, 0.15) is 0 Å². The molecule has 0 rings (SSSR count). The Morgan fingerprint density at radius 3 is 1.38 bits per heavy atom. The van der Waals surface area contributed by atoms with E-state index in [-0.39, 0.29) is 24.8 Å². The van der Waals surface area contributed by atoms with E-state index in [0.29, 0.717) is 15.4 Å². The van der Waals surface area contributed by atoms with Crippen molar-refractivity contribution in [1.82, 2.24) is 0 Å². The number of halogens is 2. The van der Waals surface area contributed by atoms with Gasteiger partial charge in [0.25, 0.3) is 0 Å². The summed E-state index contributed by atoms with van der Waals surface area (Å²) in [5.41, 5.74) is 0. The predicted octanol–water partition coefficient (Wildman–Crippen LogP) is 4.75. The minimum atomic E-state index is 0. The molecule has 0 bridgehead atoms. The van der Waals surface area contributed by atoms with Gasteiger partial charge in [-0.25, -0.2) is 0 Å². The molecule has 3 heteroatoms. The Balaban J connectivity index is -0.000000500. The van der Waals surface area contributed by atoms with Crippen molar-refractivity contribution in [3.05, 3.63) is 0 Å². The maximum Gasteiger partial charge on any atom is -0.147 e. The molecule has 0 heterocycles. The van der Waals surface area contributed by atoms with E-state index >= 15 is 0 Å². The summed E-state index contributed by atoms with van der Waals surface area (Å²) in [6.07, 6.45) is 8.75. The molecule has 0 aromatic carbocycles. The third-order valence-electron chi connectivity index (χ3n) is 1.91. The Morgan fingerprint density at radius 1 is 0.692 bits per heavy atom. The molecule has 0 aromatic rings. The van der Waals surface area contributed by atoms with Crippen molar-refractivity contribution in [2.24, 2.45) is 0 Å². The summed E-state index contributed by atoms with van der Waals surface area (Å²) in [6.45, 7) is 4.58. The van der Waals surface area contributed by atoms with Gasteiger partial charge in [0.2, 0.25) is 0 Å². The van der Waals surface area contributed by atoms with Crippen molar-refractivity contribution in [3.8, 4) is 0 Å². The fourth-order valence-corrected chi connectivity index (χ4v) is 3.75. The van der Waals surface area contributed by atoms with E-state index in [1.165, 1.54) is 38.5 Å². The number of hydrogen-bond acceptors (Lipinski definition) is 0. The predicted molar refractivity (Wildman–Crippen MR) is 68.9 cm³/mol. The van der Waals surface area contributed by atoms with E-state index in [1.54, 1.807) is 10.5 Å². The van der Waals surface area contributed by atoms with E-state index < -0.39 is 0 Å². The first-order valence-corrected chi connectivity index (χ1v) is 8.09. The van der Waals surface area contributed by atoms with Crippen molar-refractivity contribution >= 4 is 40.2 Å². The fraction of sp³-hybridized carbons (Fsp3) is 1.00. The van der Waals surface area contributed by atoms with Crippen LogP contribution in [-0.2, 0) is 0 Å². The van der Waals surface area contributed by atoms with Gasteiger partial charge in [-0.2, -0.15) is 0 Å². The summed E-state index contributed by atoms with van der Waals surface area (Å²) in [6, 6.07) is 0. The van der Waals surface area contributed by atoms with Crippen molar-refractivity contribution in [2.75, 3.05) is 0 Å². The maximum atomic E-state index is 2.29. The molecular weight excluding hydrogens is 264 g/mol. The van der Waals surface area contributed by atoms with E-state index in [1.807, 2.05) is 0 Å². The van der Waals surface area contributed by atoms with Crippen LogP contribution in [0.3, 0.4) is 0 Å². The van der Waals surface area contributed by atoms with E-state index in [0.717, 1.165) is 0 Å². The Morgan fingerprint density at radius 2 is 1.08 bits per heavy atom. The van der Waals surface area contributed by atoms with Crippen LogP contribution in [0.5, 0.6) is 0 Å². The van der Waals surface area contributed by atoms with Crippen LogP contribution in [0.4, 0.5) is 0 Å². The SMILES string of the molecule is CCCC[CH2][Ge][CH2]CCCC.Cl.Cl. The van der Waals surface area contributed by atoms with Crippen LogP contribution in [0, 0.1) is 0 Å². The quantitative estimate of drug-likeness (QED) is 0.446. The summed E-state index contributed by atoms with van der Waals surface area (Å²) in [5.74, 6) is 0. The zero-order valence-electron chi connectivity index (χ0n) is 8.97. The summed E-state index contributed by atoms with van der Waals surface area (Å²) in [5, 5.41) is 3.19. The minimum Gasteiger partial charge on any atom is -0.147 e. The largest absolute Gasteiger partial charge is 0.147 e. The average molecular weight is 288 g/mol. The summed E-state index contributed by atoms with van der Waals surface area (Å²) >= 11 is 0.481. The molecule has 13 heavy (non-hydrogen) atoms. The van der Waals surface area contributed by atoms with Crippen molar-refractivity contribution in [3.63, 3.8) is 0 Å². The van der Waals surface area contributed by atoms with Gasteiger partial charge >= 0.3 is 78.3 Å². The molecule has 0 spiro atoms. The van der Waals surface area contributed by atoms with Gasteiger partial charge in [-0.3, -0.25) is 0 Å². The second kappa shape index (κ2) is 18.8. The average Bonchev–Trinajstić information content (AvgIpc) is 2.03. The molecule has 0 N–H and O–H groups in total. The van der Waals surface area contributed by atoms with Crippen molar-refractivity contribution in [1.29, 1.82) is 0 Å². The molecule has 0 nitrogen and oxygen atoms in total. The standard InChI is InChI=1S/C10H22Ge.2ClH/c1-3-5-7-9-11-10-8-6-4-2;;/h3-10H2,1-2H3;2*1H. The molecule has 0 atom stereocenters. The van der Waals surface area contributed by atoms with E-state index in [4.69, 9.17) is 0 Å². The van der Waals surface area contributed by atoms with E-state index in [9.17, 15) is 0 Å². The minimum absolute atomic E-state index is 0. The third kappa shape index (κ3) is 19.5. The Kier molecular flexibility index (Phi) is 28.5. The molecule has 0 aliphatic heterocycles. The second-order valence-electron chi connectivity index (χ2n) is 3.16. The van der Waals surface area contributed by atoms with Gasteiger partial charge in [0, 0.05) is 0 Å². The Labute approximate surface area is 103 Å². The molecule has 0 aliphatic carbocycles. The van der Waals surface area contributed by atoms with Crippen molar-refractivity contribution < 1.29 is 0 Å². The van der Waals surface area contributed by atoms with Crippen LogP contribution in [0.25, 0.3) is 0 Å². The van der Waals surface area contributed by atoms with Crippen molar-refractivity contribution in [2.45, 2.75) is 62.9 Å². The van der Waals surface area contributed by atoms with E-state index in [2.05, 4.69) is 13.8 Å². The van der Waals surface area contributed by atoms with Gasteiger partial charge in [-0.05, 0) is 0 Å². The zero-order chi connectivity index (χ0) is 8.36. The molecule has 0 saturated heterocycles. The first kappa shape index (κ1) is 19.7. The zero-order valence-corrected chi connectivity index (χ0v) is 12.7. The third-order valence-corrected chi connectivity index (χ3v) is 4.88. The summed E-state index contributed by atoms with van der Waals surface area (Å²) in [4.78, 5) is 0. The molecular formula is C10H24Cl2Ge. The molecule has 0 unspecified atom stereocenters. The van der Waals surface area contributed by atoms with Crippen LogP contribution >= 0.6 is 24.8 Å². The van der Waals surface area contributed by atoms with Gasteiger partial charge in [-0.1, -0.05) is 0 Å². The van der Waals surface area contributed by atoms with Crippen LogP contribution in [-0.4, -0.2) is 15.4 Å². The normalized spacial score (nSPS) is 8.77. The fourth-order valence-electron chi connectivity index (χ4n) is 1.12. The molecule has 2 radical (unpaired) electrons. The smallest absolute Gasteiger partial charge is 0.147 e. The Hall–Kier alpha value is 1.12. The molecule has 82 valence electrons.